The van der Waals surface area contributed by atoms with Crippen molar-refractivity contribution in [1.29, 1.82) is 5.26 Å². The first-order valence-electron chi connectivity index (χ1n) is 8.23. The second-order valence-electron chi connectivity index (χ2n) is 6.17. The Kier molecular flexibility index (Phi) is 4.87. The Balaban J connectivity index is 2.18. The summed E-state index contributed by atoms with van der Waals surface area (Å²) < 4.78 is 20.5. The van der Waals surface area contributed by atoms with Gasteiger partial charge in [-0.2, -0.15) is 5.26 Å². The van der Waals surface area contributed by atoms with Crippen LogP contribution >= 0.6 is 0 Å². The van der Waals surface area contributed by atoms with Gasteiger partial charge in [-0.3, -0.25) is 14.2 Å². The molecule has 134 valence electrons. The summed E-state index contributed by atoms with van der Waals surface area (Å²) in [7, 11) is 0. The molecule has 2 heterocycles. The van der Waals surface area contributed by atoms with Crippen LogP contribution in [0.1, 0.15) is 39.9 Å². The fourth-order valence-corrected chi connectivity index (χ4v) is 3.16. The maximum atomic E-state index is 14.0. The minimum Gasteiger partial charge on any atom is -0.494 e. The lowest BCUT2D eigenvalue weighted by Gasteiger charge is -2.18. The molecule has 1 fully saturated rings. The Morgan fingerprint density at radius 2 is 2.19 bits per heavy atom. The molecule has 1 saturated heterocycles. The molecule has 6 nitrogen and oxygen atoms in total. The number of ether oxygens (including phenoxy) is 1. The summed E-state index contributed by atoms with van der Waals surface area (Å²) in [5.41, 5.74) is -1.39. The normalized spacial score (nSPS) is 16.4. The van der Waals surface area contributed by atoms with Crippen molar-refractivity contribution in [3.05, 3.63) is 62.7 Å². The SMILES string of the molecule is Cc1c(C(=O)c2ccccc2F)c(O)n(CC2CCCO2)c(=O)c1C#N. The van der Waals surface area contributed by atoms with Crippen molar-refractivity contribution in [2.75, 3.05) is 6.61 Å². The average Bonchev–Trinajstić information content (AvgIpc) is 3.12. The van der Waals surface area contributed by atoms with E-state index in [1.807, 2.05) is 0 Å². The number of aromatic hydroxyl groups is 1. The maximum Gasteiger partial charge on any atom is 0.271 e. The van der Waals surface area contributed by atoms with Gasteiger partial charge in [0.2, 0.25) is 11.7 Å². The molecule has 1 atom stereocenters. The number of benzene rings is 1. The third kappa shape index (κ3) is 3.00. The lowest BCUT2D eigenvalue weighted by atomic mass is 9.97. The van der Waals surface area contributed by atoms with Crippen LogP contribution in [0.25, 0.3) is 0 Å². The summed E-state index contributed by atoms with van der Waals surface area (Å²) in [6.07, 6.45) is 1.25. The Morgan fingerprint density at radius 3 is 2.81 bits per heavy atom. The number of nitrogens with zero attached hydrogens (tertiary/aromatic N) is 2. The molecule has 7 heteroatoms. The van der Waals surface area contributed by atoms with E-state index in [1.165, 1.54) is 25.1 Å². The highest BCUT2D eigenvalue weighted by Crippen LogP contribution is 2.27. The van der Waals surface area contributed by atoms with Crippen LogP contribution in [0.2, 0.25) is 0 Å². The van der Waals surface area contributed by atoms with E-state index >= 15 is 0 Å². The molecule has 0 radical (unpaired) electrons. The molecule has 1 aromatic heterocycles. The predicted molar refractivity (Wildman–Crippen MR) is 90.6 cm³/mol. The van der Waals surface area contributed by atoms with Crippen LogP contribution in [-0.4, -0.2) is 28.2 Å². The van der Waals surface area contributed by atoms with E-state index in [0.29, 0.717) is 13.0 Å². The van der Waals surface area contributed by atoms with Crippen molar-refractivity contribution in [1.82, 2.24) is 4.57 Å². The van der Waals surface area contributed by atoms with E-state index in [1.54, 1.807) is 6.07 Å². The van der Waals surface area contributed by atoms with E-state index in [9.17, 15) is 24.3 Å². The molecule has 26 heavy (non-hydrogen) atoms. The molecule has 1 N–H and O–H groups in total. The quantitative estimate of drug-likeness (QED) is 0.849. The Morgan fingerprint density at radius 1 is 1.46 bits per heavy atom. The minimum atomic E-state index is -0.782. The molecule has 3 rings (SSSR count). The van der Waals surface area contributed by atoms with Crippen LogP contribution < -0.4 is 5.56 Å². The molecule has 1 aliphatic heterocycles. The standard InChI is InChI=1S/C19H17FN2O4/c1-11-14(9-21)18(24)22(10-12-5-4-8-26-12)19(25)16(11)17(23)13-6-2-3-7-15(13)20/h2-3,6-7,12,25H,4-5,8,10H2,1H3. The Labute approximate surface area is 149 Å². The maximum absolute atomic E-state index is 14.0. The third-order valence-corrected chi connectivity index (χ3v) is 4.56. The topological polar surface area (TPSA) is 92.3 Å². The summed E-state index contributed by atoms with van der Waals surface area (Å²) in [4.78, 5) is 25.4. The molecule has 0 spiro atoms. The lowest BCUT2D eigenvalue weighted by Crippen LogP contribution is -2.30. The van der Waals surface area contributed by atoms with Crippen molar-refractivity contribution in [3.8, 4) is 11.9 Å². The number of halogens is 1. The van der Waals surface area contributed by atoms with Gasteiger partial charge in [0, 0.05) is 6.61 Å². The van der Waals surface area contributed by atoms with Crippen molar-refractivity contribution in [2.24, 2.45) is 0 Å². The van der Waals surface area contributed by atoms with Gasteiger partial charge in [-0.25, -0.2) is 4.39 Å². The number of rotatable bonds is 4. The highest BCUT2D eigenvalue weighted by molar-refractivity contribution is 6.11. The van der Waals surface area contributed by atoms with Gasteiger partial charge in [-0.05, 0) is 37.5 Å². The zero-order valence-corrected chi connectivity index (χ0v) is 14.2. The first-order chi connectivity index (χ1) is 12.5. The van der Waals surface area contributed by atoms with Gasteiger partial charge in [0.25, 0.3) is 5.56 Å². The first kappa shape index (κ1) is 17.8. The van der Waals surface area contributed by atoms with E-state index in [4.69, 9.17) is 4.74 Å². The molecule has 0 bridgehead atoms. The first-order valence-corrected chi connectivity index (χ1v) is 8.23. The molecule has 0 amide bonds. The van der Waals surface area contributed by atoms with Gasteiger partial charge in [0.15, 0.2) is 0 Å². The van der Waals surface area contributed by atoms with Crippen molar-refractivity contribution < 1.29 is 19.0 Å². The number of ketones is 1. The van der Waals surface area contributed by atoms with Gasteiger partial charge in [0.1, 0.15) is 17.4 Å². The van der Waals surface area contributed by atoms with Crippen molar-refractivity contribution >= 4 is 5.78 Å². The highest BCUT2D eigenvalue weighted by Gasteiger charge is 2.28. The number of aromatic nitrogens is 1. The van der Waals surface area contributed by atoms with Gasteiger partial charge in [0.05, 0.1) is 23.8 Å². The van der Waals surface area contributed by atoms with Crippen LogP contribution in [-0.2, 0) is 11.3 Å². The van der Waals surface area contributed by atoms with Crippen molar-refractivity contribution in [2.45, 2.75) is 32.4 Å². The minimum absolute atomic E-state index is 0.0250. The summed E-state index contributed by atoms with van der Waals surface area (Å²) in [6.45, 7) is 1.97. The number of nitriles is 1. The molecule has 0 saturated carbocycles. The number of hydrogen-bond donors (Lipinski definition) is 1. The summed E-state index contributed by atoms with van der Waals surface area (Å²) in [6, 6.07) is 7.15. The average molecular weight is 356 g/mol. The van der Waals surface area contributed by atoms with Crippen molar-refractivity contribution in [3.63, 3.8) is 0 Å². The number of hydrogen-bond acceptors (Lipinski definition) is 5. The molecule has 1 aromatic carbocycles. The molecular weight excluding hydrogens is 339 g/mol. The number of pyridine rings is 1. The monoisotopic (exact) mass is 356 g/mol. The van der Waals surface area contributed by atoms with Crippen LogP contribution in [0.4, 0.5) is 4.39 Å². The zero-order chi connectivity index (χ0) is 18.8. The van der Waals surface area contributed by atoms with Crippen LogP contribution in [0.15, 0.2) is 29.1 Å². The van der Waals surface area contributed by atoms with E-state index in [2.05, 4.69) is 0 Å². The lowest BCUT2D eigenvalue weighted by molar-refractivity contribution is 0.0929. The summed E-state index contributed by atoms with van der Waals surface area (Å²) in [5, 5.41) is 20.0. The predicted octanol–water partition coefficient (Wildman–Crippen LogP) is 2.28. The van der Waals surface area contributed by atoms with Gasteiger partial charge >= 0.3 is 0 Å². The molecule has 1 unspecified atom stereocenters. The Hall–Kier alpha value is -2.98. The molecule has 0 aliphatic carbocycles. The smallest absolute Gasteiger partial charge is 0.271 e. The largest absolute Gasteiger partial charge is 0.494 e. The van der Waals surface area contributed by atoms with E-state index < -0.39 is 23.0 Å². The van der Waals surface area contributed by atoms with Gasteiger partial charge in [-0.15, -0.1) is 0 Å². The van der Waals surface area contributed by atoms with Crippen LogP contribution in [0.3, 0.4) is 0 Å². The second-order valence-corrected chi connectivity index (χ2v) is 6.17. The molecule has 2 aromatic rings. The van der Waals surface area contributed by atoms with E-state index in [-0.39, 0.29) is 34.9 Å². The summed E-state index contributed by atoms with van der Waals surface area (Å²) in [5.74, 6) is -2.10. The van der Waals surface area contributed by atoms with E-state index in [0.717, 1.165) is 17.1 Å². The fourth-order valence-electron chi connectivity index (χ4n) is 3.16. The van der Waals surface area contributed by atoms with Gasteiger partial charge < -0.3 is 9.84 Å². The van der Waals surface area contributed by atoms with Gasteiger partial charge in [-0.1, -0.05) is 12.1 Å². The second kappa shape index (κ2) is 7.10. The third-order valence-electron chi connectivity index (χ3n) is 4.56. The zero-order valence-electron chi connectivity index (χ0n) is 14.2. The summed E-state index contributed by atoms with van der Waals surface area (Å²) >= 11 is 0. The molecule has 1 aliphatic rings. The molecular formula is C19H17FN2O4. The number of carbonyl (C=O) groups is 1. The number of carbonyl (C=O) groups excluding carboxylic acids is 1. The Bertz CT molecular complexity index is 969. The van der Waals surface area contributed by atoms with Crippen LogP contribution in [0, 0.1) is 24.1 Å². The van der Waals surface area contributed by atoms with Crippen LogP contribution in [0.5, 0.6) is 5.88 Å². The highest BCUT2D eigenvalue weighted by atomic mass is 19.1. The fraction of sp³-hybridized carbons (Fsp3) is 0.316.